The van der Waals surface area contributed by atoms with Crippen molar-refractivity contribution in [3.8, 4) is 17.2 Å². The summed E-state index contributed by atoms with van der Waals surface area (Å²) in [5, 5.41) is 12.4. The Hall–Kier alpha value is -2.93. The Morgan fingerprint density at radius 3 is 2.32 bits per heavy atom. The van der Waals surface area contributed by atoms with Gasteiger partial charge < -0.3 is 24.8 Å². The first-order valence-corrected chi connectivity index (χ1v) is 9.32. The van der Waals surface area contributed by atoms with E-state index in [1.54, 1.807) is 44.6 Å². The molecule has 1 amide bonds. The maximum Gasteiger partial charge on any atom is 0.241 e. The number of amides is 1. The lowest BCUT2D eigenvalue weighted by Crippen LogP contribution is -2.52. The first kappa shape index (κ1) is 19.8. The first-order valence-electron chi connectivity index (χ1n) is 9.32. The van der Waals surface area contributed by atoms with Gasteiger partial charge >= 0.3 is 0 Å². The van der Waals surface area contributed by atoms with Crippen molar-refractivity contribution in [3.05, 3.63) is 42.5 Å². The number of methoxy groups -OCH3 is 2. The van der Waals surface area contributed by atoms with Crippen molar-refractivity contribution in [1.82, 2.24) is 4.90 Å². The summed E-state index contributed by atoms with van der Waals surface area (Å²) in [6.45, 7) is 5.13. The zero-order valence-electron chi connectivity index (χ0n) is 16.5. The number of nitrogens with one attached hydrogen (secondary N) is 1. The quantitative estimate of drug-likeness (QED) is 0.796. The van der Waals surface area contributed by atoms with Gasteiger partial charge in [-0.15, -0.1) is 0 Å². The molecule has 2 aromatic rings. The summed E-state index contributed by atoms with van der Waals surface area (Å²) in [5.41, 5.74) is 1.68. The van der Waals surface area contributed by atoms with Crippen molar-refractivity contribution in [2.45, 2.75) is 13.0 Å². The highest BCUT2D eigenvalue weighted by Gasteiger charge is 2.26. The van der Waals surface area contributed by atoms with Crippen LogP contribution >= 0.6 is 0 Å². The molecule has 1 fully saturated rings. The van der Waals surface area contributed by atoms with Crippen molar-refractivity contribution >= 4 is 17.3 Å². The van der Waals surface area contributed by atoms with Gasteiger partial charge in [0.05, 0.1) is 25.9 Å². The lowest BCUT2D eigenvalue weighted by Gasteiger charge is -2.38. The van der Waals surface area contributed by atoms with Gasteiger partial charge in [0.25, 0.3) is 0 Å². The van der Waals surface area contributed by atoms with Gasteiger partial charge in [-0.25, -0.2) is 0 Å². The molecule has 28 heavy (non-hydrogen) atoms. The molecular weight excluding hydrogens is 358 g/mol. The Balaban J connectivity index is 1.59. The average Bonchev–Trinajstić information content (AvgIpc) is 2.73. The first-order chi connectivity index (χ1) is 13.5. The fourth-order valence-corrected chi connectivity index (χ4v) is 3.35. The molecule has 7 heteroatoms. The van der Waals surface area contributed by atoms with Gasteiger partial charge in [-0.3, -0.25) is 9.69 Å². The van der Waals surface area contributed by atoms with E-state index in [4.69, 9.17) is 9.47 Å². The van der Waals surface area contributed by atoms with E-state index in [9.17, 15) is 9.90 Å². The molecule has 0 unspecified atom stereocenters. The van der Waals surface area contributed by atoms with E-state index < -0.39 is 0 Å². The summed E-state index contributed by atoms with van der Waals surface area (Å²) in [6.07, 6.45) is 0. The highest BCUT2D eigenvalue weighted by Crippen LogP contribution is 2.29. The van der Waals surface area contributed by atoms with Gasteiger partial charge in [0.1, 0.15) is 17.2 Å². The van der Waals surface area contributed by atoms with Crippen molar-refractivity contribution in [3.63, 3.8) is 0 Å². The second-order valence-corrected chi connectivity index (χ2v) is 6.77. The number of anilines is 2. The van der Waals surface area contributed by atoms with E-state index in [2.05, 4.69) is 15.1 Å². The summed E-state index contributed by atoms with van der Waals surface area (Å²) >= 11 is 0. The Labute approximate surface area is 165 Å². The van der Waals surface area contributed by atoms with E-state index in [0.717, 1.165) is 31.9 Å². The van der Waals surface area contributed by atoms with Crippen LogP contribution in [0.15, 0.2) is 42.5 Å². The maximum atomic E-state index is 12.8. The third-order valence-electron chi connectivity index (χ3n) is 5.12. The number of piperazine rings is 1. The number of phenols is 1. The standard InChI is InChI=1S/C21H27N3O4/c1-15(21(26)22-19-14-18(27-2)8-9-20(19)28-3)23-10-12-24(13-11-23)16-4-6-17(25)7-5-16/h4-9,14-15,25H,10-13H2,1-3H3,(H,22,26)/t15-/m0/s1. The fraction of sp³-hybridized carbons (Fsp3) is 0.381. The monoisotopic (exact) mass is 385 g/mol. The molecule has 2 N–H and O–H groups in total. The highest BCUT2D eigenvalue weighted by atomic mass is 16.5. The number of hydrogen-bond donors (Lipinski definition) is 2. The van der Waals surface area contributed by atoms with Crippen LogP contribution in [-0.4, -0.2) is 62.4 Å². The minimum absolute atomic E-state index is 0.0790. The maximum absolute atomic E-state index is 12.8. The number of phenolic OH excluding ortho intramolecular Hbond substituents is 1. The molecule has 0 bridgehead atoms. The molecule has 1 atom stereocenters. The molecule has 150 valence electrons. The van der Waals surface area contributed by atoms with Gasteiger partial charge in [-0.05, 0) is 43.3 Å². The van der Waals surface area contributed by atoms with E-state index in [0.29, 0.717) is 17.2 Å². The number of rotatable bonds is 6. The van der Waals surface area contributed by atoms with Crippen molar-refractivity contribution in [1.29, 1.82) is 0 Å². The van der Waals surface area contributed by atoms with Gasteiger partial charge in [-0.2, -0.15) is 0 Å². The molecule has 0 aromatic heterocycles. The van der Waals surface area contributed by atoms with Gasteiger partial charge in [0, 0.05) is 37.9 Å². The van der Waals surface area contributed by atoms with Crippen LogP contribution < -0.4 is 19.7 Å². The summed E-state index contributed by atoms with van der Waals surface area (Å²) in [5.74, 6) is 1.44. The van der Waals surface area contributed by atoms with Crippen LogP contribution in [0.4, 0.5) is 11.4 Å². The molecule has 3 rings (SSSR count). The van der Waals surface area contributed by atoms with Crippen LogP contribution in [0.25, 0.3) is 0 Å². The summed E-state index contributed by atoms with van der Waals surface area (Å²) in [7, 11) is 3.16. The van der Waals surface area contributed by atoms with Crippen LogP contribution in [0.3, 0.4) is 0 Å². The van der Waals surface area contributed by atoms with E-state index >= 15 is 0 Å². The van der Waals surface area contributed by atoms with Crippen LogP contribution in [0.1, 0.15) is 6.92 Å². The third kappa shape index (κ3) is 4.48. The number of aromatic hydroxyl groups is 1. The van der Waals surface area contributed by atoms with Crippen LogP contribution in [0, 0.1) is 0 Å². The molecule has 1 aliphatic heterocycles. The average molecular weight is 385 g/mol. The zero-order valence-corrected chi connectivity index (χ0v) is 16.5. The topological polar surface area (TPSA) is 74.3 Å². The Bertz CT molecular complexity index is 802. The van der Waals surface area contributed by atoms with Crippen LogP contribution in [0.5, 0.6) is 17.2 Å². The molecular formula is C21H27N3O4. The molecule has 0 aliphatic carbocycles. The smallest absolute Gasteiger partial charge is 0.241 e. The second-order valence-electron chi connectivity index (χ2n) is 6.77. The molecule has 0 radical (unpaired) electrons. The van der Waals surface area contributed by atoms with Crippen molar-refractivity contribution < 1.29 is 19.4 Å². The highest BCUT2D eigenvalue weighted by molar-refractivity contribution is 5.96. The normalized spacial score (nSPS) is 15.8. The van der Waals surface area contributed by atoms with Crippen LogP contribution in [0.2, 0.25) is 0 Å². The fourth-order valence-electron chi connectivity index (χ4n) is 3.35. The van der Waals surface area contributed by atoms with E-state index in [-0.39, 0.29) is 17.7 Å². The number of ether oxygens (including phenoxy) is 2. The number of carbonyl (C=O) groups excluding carboxylic acids is 1. The molecule has 7 nitrogen and oxygen atoms in total. The van der Waals surface area contributed by atoms with E-state index in [1.807, 2.05) is 19.1 Å². The lowest BCUT2D eigenvalue weighted by molar-refractivity contribution is -0.120. The van der Waals surface area contributed by atoms with E-state index in [1.165, 1.54) is 0 Å². The number of nitrogens with zero attached hydrogens (tertiary/aromatic N) is 2. The SMILES string of the molecule is COc1ccc(OC)c(NC(=O)[C@H](C)N2CCN(c3ccc(O)cc3)CC2)c1. The second kappa shape index (κ2) is 8.84. The predicted octanol–water partition coefficient (Wildman–Crippen LogP) is 2.56. The summed E-state index contributed by atoms with van der Waals surface area (Å²) in [4.78, 5) is 17.2. The predicted molar refractivity (Wildman–Crippen MR) is 110 cm³/mol. The number of carbonyl (C=O) groups is 1. The van der Waals surface area contributed by atoms with Crippen LogP contribution in [-0.2, 0) is 4.79 Å². The molecule has 0 spiro atoms. The third-order valence-corrected chi connectivity index (χ3v) is 5.12. The Morgan fingerprint density at radius 2 is 1.71 bits per heavy atom. The molecule has 1 aliphatic rings. The van der Waals surface area contributed by atoms with Gasteiger partial charge in [0.15, 0.2) is 0 Å². The number of hydrogen-bond acceptors (Lipinski definition) is 6. The molecule has 0 saturated carbocycles. The molecule has 1 saturated heterocycles. The summed E-state index contributed by atoms with van der Waals surface area (Å²) < 4.78 is 10.6. The van der Waals surface area contributed by atoms with Crippen molar-refractivity contribution in [2.75, 3.05) is 50.6 Å². The van der Waals surface area contributed by atoms with Gasteiger partial charge in [0.2, 0.25) is 5.91 Å². The van der Waals surface area contributed by atoms with Crippen molar-refractivity contribution in [2.24, 2.45) is 0 Å². The lowest BCUT2D eigenvalue weighted by atomic mass is 10.2. The largest absolute Gasteiger partial charge is 0.508 e. The summed E-state index contributed by atoms with van der Waals surface area (Å²) in [6, 6.07) is 12.3. The van der Waals surface area contributed by atoms with Gasteiger partial charge in [-0.1, -0.05) is 0 Å². The minimum atomic E-state index is -0.266. The Morgan fingerprint density at radius 1 is 1.04 bits per heavy atom. The molecule has 2 aromatic carbocycles. The Kier molecular flexibility index (Phi) is 6.26. The zero-order chi connectivity index (χ0) is 20.1. The number of benzene rings is 2. The minimum Gasteiger partial charge on any atom is -0.508 e. The molecule has 1 heterocycles.